The SMILES string of the molecule is COC(=S)CC=O. The summed E-state index contributed by atoms with van der Waals surface area (Å²) in [5, 5.41) is 0.343. The van der Waals surface area contributed by atoms with Gasteiger partial charge in [-0.15, -0.1) is 0 Å². The summed E-state index contributed by atoms with van der Waals surface area (Å²) < 4.78 is 4.49. The van der Waals surface area contributed by atoms with Gasteiger partial charge in [0.15, 0.2) is 5.05 Å². The number of carbonyl (C=O) groups is 1. The summed E-state index contributed by atoms with van der Waals surface area (Å²) in [6.45, 7) is 0. The van der Waals surface area contributed by atoms with Crippen molar-refractivity contribution in [1.82, 2.24) is 0 Å². The van der Waals surface area contributed by atoms with Crippen LogP contribution in [0.2, 0.25) is 0 Å². The van der Waals surface area contributed by atoms with Crippen LogP contribution in [0.4, 0.5) is 0 Å². The second-order valence-electron chi connectivity index (χ2n) is 0.947. The molecule has 0 N–H and O–H groups in total. The first-order chi connectivity index (χ1) is 3.31. The van der Waals surface area contributed by atoms with Gasteiger partial charge in [-0.05, 0) is 12.2 Å². The molecule has 0 aromatic rings. The lowest BCUT2D eigenvalue weighted by molar-refractivity contribution is -0.107. The van der Waals surface area contributed by atoms with Crippen LogP contribution in [0.1, 0.15) is 6.42 Å². The van der Waals surface area contributed by atoms with Gasteiger partial charge in [-0.2, -0.15) is 0 Å². The summed E-state index contributed by atoms with van der Waals surface area (Å²) in [6, 6.07) is 0. The highest BCUT2D eigenvalue weighted by Gasteiger charge is 1.87. The Morgan fingerprint density at radius 2 is 2.57 bits per heavy atom. The fraction of sp³-hybridized carbons (Fsp3) is 0.500. The molecule has 0 aliphatic rings. The molecule has 0 atom stereocenters. The smallest absolute Gasteiger partial charge is 0.166 e. The fourth-order valence-electron chi connectivity index (χ4n) is 0.151. The van der Waals surface area contributed by atoms with E-state index < -0.39 is 0 Å². The number of thiocarbonyl (C=S) groups is 1. The summed E-state index contributed by atoms with van der Waals surface area (Å²) in [4.78, 5) is 9.61. The van der Waals surface area contributed by atoms with Crippen molar-refractivity contribution in [2.24, 2.45) is 0 Å². The number of hydrogen-bond donors (Lipinski definition) is 0. The molecule has 0 aromatic heterocycles. The van der Waals surface area contributed by atoms with Gasteiger partial charge >= 0.3 is 0 Å². The monoisotopic (exact) mass is 118 g/mol. The molecule has 0 radical (unpaired) electrons. The second kappa shape index (κ2) is 3.74. The molecular formula is C4H6O2S. The first-order valence-electron chi connectivity index (χ1n) is 1.81. The van der Waals surface area contributed by atoms with E-state index in [-0.39, 0.29) is 6.42 Å². The molecule has 40 valence electrons. The fourth-order valence-corrected chi connectivity index (χ4v) is 0.219. The number of ether oxygens (including phenoxy) is 1. The maximum Gasteiger partial charge on any atom is 0.166 e. The molecule has 0 aromatic carbocycles. The summed E-state index contributed by atoms with van der Waals surface area (Å²) >= 11 is 4.50. The summed E-state index contributed by atoms with van der Waals surface area (Å²) in [5.74, 6) is 0. The maximum atomic E-state index is 9.61. The van der Waals surface area contributed by atoms with Gasteiger partial charge in [0.25, 0.3) is 0 Å². The van der Waals surface area contributed by atoms with E-state index in [2.05, 4.69) is 17.0 Å². The van der Waals surface area contributed by atoms with Crippen molar-refractivity contribution < 1.29 is 9.53 Å². The highest BCUT2D eigenvalue weighted by molar-refractivity contribution is 7.80. The molecule has 0 saturated carbocycles. The van der Waals surface area contributed by atoms with E-state index in [9.17, 15) is 4.79 Å². The number of aldehydes is 1. The number of hydrogen-bond acceptors (Lipinski definition) is 3. The average molecular weight is 118 g/mol. The summed E-state index contributed by atoms with van der Waals surface area (Å²) in [5.41, 5.74) is 0. The Balaban J connectivity index is 3.17. The predicted molar refractivity (Wildman–Crippen MR) is 30.3 cm³/mol. The second-order valence-corrected chi connectivity index (χ2v) is 1.40. The van der Waals surface area contributed by atoms with Crippen LogP contribution in [0.15, 0.2) is 0 Å². The molecule has 0 aliphatic heterocycles. The quantitative estimate of drug-likeness (QED) is 0.391. The number of methoxy groups -OCH3 is 1. The number of carbonyl (C=O) groups excluding carboxylic acids is 1. The van der Waals surface area contributed by atoms with Crippen LogP contribution in [0.3, 0.4) is 0 Å². The Kier molecular flexibility index (Phi) is 3.50. The van der Waals surface area contributed by atoms with Crippen molar-refractivity contribution in [1.29, 1.82) is 0 Å². The first kappa shape index (κ1) is 6.56. The highest BCUT2D eigenvalue weighted by Crippen LogP contribution is 1.80. The molecule has 0 unspecified atom stereocenters. The Hall–Kier alpha value is -0.440. The molecule has 0 saturated heterocycles. The molecule has 3 heteroatoms. The van der Waals surface area contributed by atoms with Gasteiger partial charge in [0.1, 0.15) is 6.29 Å². The first-order valence-corrected chi connectivity index (χ1v) is 2.22. The van der Waals surface area contributed by atoms with E-state index in [1.807, 2.05) is 0 Å². The van der Waals surface area contributed by atoms with Crippen molar-refractivity contribution in [3.05, 3.63) is 0 Å². The normalized spacial score (nSPS) is 7.57. The zero-order valence-corrected chi connectivity index (χ0v) is 4.83. The zero-order valence-electron chi connectivity index (χ0n) is 4.01. The molecule has 2 nitrogen and oxygen atoms in total. The van der Waals surface area contributed by atoms with Crippen LogP contribution in [0.25, 0.3) is 0 Å². The molecule has 0 heterocycles. The van der Waals surface area contributed by atoms with Crippen LogP contribution < -0.4 is 0 Å². The molecule has 0 fully saturated rings. The Bertz CT molecular complexity index is 79.8. The molecular weight excluding hydrogens is 112 g/mol. The molecule has 0 aliphatic carbocycles. The van der Waals surface area contributed by atoms with Crippen LogP contribution >= 0.6 is 12.2 Å². The minimum Gasteiger partial charge on any atom is -0.490 e. The largest absolute Gasteiger partial charge is 0.490 e. The van der Waals surface area contributed by atoms with E-state index >= 15 is 0 Å². The highest BCUT2D eigenvalue weighted by atomic mass is 32.1. The summed E-state index contributed by atoms with van der Waals surface area (Å²) in [7, 11) is 1.45. The Morgan fingerprint density at radius 1 is 2.00 bits per heavy atom. The Morgan fingerprint density at radius 3 is 2.71 bits per heavy atom. The molecule has 0 amide bonds. The maximum absolute atomic E-state index is 9.61. The average Bonchev–Trinajstić information content (AvgIpc) is 1.68. The van der Waals surface area contributed by atoms with E-state index in [0.29, 0.717) is 11.3 Å². The molecule has 0 rings (SSSR count). The van der Waals surface area contributed by atoms with Crippen molar-refractivity contribution in [2.75, 3.05) is 7.11 Å². The predicted octanol–water partition coefficient (Wildman–Crippen LogP) is 0.549. The molecule has 7 heavy (non-hydrogen) atoms. The topological polar surface area (TPSA) is 26.3 Å². The van der Waals surface area contributed by atoms with Crippen LogP contribution in [0.5, 0.6) is 0 Å². The van der Waals surface area contributed by atoms with Crippen molar-refractivity contribution in [3.63, 3.8) is 0 Å². The van der Waals surface area contributed by atoms with Crippen molar-refractivity contribution >= 4 is 23.6 Å². The third kappa shape index (κ3) is 3.39. The minimum absolute atomic E-state index is 0.228. The van der Waals surface area contributed by atoms with Gasteiger partial charge in [0.2, 0.25) is 0 Å². The van der Waals surface area contributed by atoms with Gasteiger partial charge in [-0.3, -0.25) is 0 Å². The van der Waals surface area contributed by atoms with Crippen LogP contribution in [-0.4, -0.2) is 18.4 Å². The van der Waals surface area contributed by atoms with E-state index in [1.165, 1.54) is 7.11 Å². The van der Waals surface area contributed by atoms with Crippen LogP contribution in [-0.2, 0) is 9.53 Å². The number of rotatable bonds is 2. The lowest BCUT2D eigenvalue weighted by atomic mass is 10.5. The van der Waals surface area contributed by atoms with Crippen LogP contribution in [0, 0.1) is 0 Å². The molecule has 0 spiro atoms. The van der Waals surface area contributed by atoms with E-state index in [1.54, 1.807) is 0 Å². The summed E-state index contributed by atoms with van der Waals surface area (Å²) in [6.07, 6.45) is 0.942. The van der Waals surface area contributed by atoms with Gasteiger partial charge in [-0.1, -0.05) is 0 Å². The Labute approximate surface area is 47.5 Å². The standard InChI is InChI=1S/C4H6O2S/c1-6-4(7)2-3-5/h3H,2H2,1H3. The lowest BCUT2D eigenvalue weighted by Gasteiger charge is -1.91. The van der Waals surface area contributed by atoms with Gasteiger partial charge in [0, 0.05) is 0 Å². The molecule has 0 bridgehead atoms. The van der Waals surface area contributed by atoms with E-state index in [0.717, 1.165) is 0 Å². The van der Waals surface area contributed by atoms with E-state index in [4.69, 9.17) is 0 Å². The van der Waals surface area contributed by atoms with Crippen molar-refractivity contribution in [3.8, 4) is 0 Å². The van der Waals surface area contributed by atoms with Crippen molar-refractivity contribution in [2.45, 2.75) is 6.42 Å². The third-order valence-electron chi connectivity index (χ3n) is 0.478. The zero-order chi connectivity index (χ0) is 5.70. The lowest BCUT2D eigenvalue weighted by Crippen LogP contribution is -1.95. The third-order valence-corrected chi connectivity index (χ3v) is 0.811. The van der Waals surface area contributed by atoms with Gasteiger partial charge in [0.05, 0.1) is 13.5 Å². The minimum atomic E-state index is 0.228. The van der Waals surface area contributed by atoms with Gasteiger partial charge in [-0.25, -0.2) is 0 Å². The van der Waals surface area contributed by atoms with Gasteiger partial charge < -0.3 is 9.53 Å².